The second-order valence-electron chi connectivity index (χ2n) is 5.26. The molecule has 13 nitrogen and oxygen atoms in total. The number of nitrogen functional groups attached to an aromatic ring is 1. The largest absolute Gasteiger partial charge is 0.472 e. The van der Waals surface area contributed by atoms with Crippen LogP contribution in [0.5, 0.6) is 0 Å². The summed E-state index contributed by atoms with van der Waals surface area (Å²) in [6.07, 6.45) is -4.73. The number of aliphatic hydroxyl groups is 2. The summed E-state index contributed by atoms with van der Waals surface area (Å²) in [5.41, 5.74) is 6.20. The van der Waals surface area contributed by atoms with Crippen molar-refractivity contribution in [1.29, 1.82) is 0 Å². The van der Waals surface area contributed by atoms with Crippen LogP contribution in [0.25, 0.3) is 11.2 Å². The van der Waals surface area contributed by atoms with E-state index in [9.17, 15) is 14.8 Å². The van der Waals surface area contributed by atoms with Gasteiger partial charge in [0.05, 0.1) is 6.33 Å². The number of hydrogen-bond donors (Lipinski definition) is 5. The lowest BCUT2D eigenvalue weighted by molar-refractivity contribution is -0.175. The summed E-state index contributed by atoms with van der Waals surface area (Å²) >= 11 is 0. The minimum absolute atomic E-state index is 0.118. The quantitative estimate of drug-likeness (QED) is 0.287. The number of nitrogens with two attached hydrogens (primary N) is 1. The van der Waals surface area contributed by atoms with Gasteiger partial charge >= 0.3 is 7.82 Å². The third kappa shape index (κ3) is 3.36. The summed E-state index contributed by atoms with van der Waals surface area (Å²) in [6.45, 7) is 0. The third-order valence-electron chi connectivity index (χ3n) is 3.68. The zero-order chi connectivity index (χ0) is 18.4. The minimum atomic E-state index is -4.92. The van der Waals surface area contributed by atoms with E-state index in [1.807, 2.05) is 0 Å². The molecule has 2 aromatic rings. The Balaban J connectivity index is 1.91. The SMILES string of the molecule is COC(OP(=O)(O)O)[C@H]1O[C@@H](n2cnc3c(N)ncnc32)[C@H](O)[C@@H]1O. The number of hydrogen-bond acceptors (Lipinski definition) is 10. The number of methoxy groups -OCH3 is 1. The molecule has 14 heteroatoms. The molecule has 5 atom stereocenters. The van der Waals surface area contributed by atoms with Gasteiger partial charge in [-0.2, -0.15) is 0 Å². The average molecular weight is 377 g/mol. The van der Waals surface area contributed by atoms with E-state index in [4.69, 9.17) is 25.0 Å². The second-order valence-corrected chi connectivity index (χ2v) is 6.45. The fourth-order valence-electron chi connectivity index (χ4n) is 2.57. The number of nitrogens with zero attached hydrogens (tertiary/aromatic N) is 4. The molecule has 0 aromatic carbocycles. The van der Waals surface area contributed by atoms with Gasteiger partial charge in [0.25, 0.3) is 0 Å². The number of fused-ring (bicyclic) bond motifs is 1. The number of aromatic nitrogens is 4. The molecule has 0 aliphatic carbocycles. The predicted octanol–water partition coefficient (Wildman–Crippen LogP) is -1.89. The molecule has 2 aromatic heterocycles. The van der Waals surface area contributed by atoms with Gasteiger partial charge in [0, 0.05) is 7.11 Å². The first-order valence-electron chi connectivity index (χ1n) is 6.94. The maximum absolute atomic E-state index is 11.0. The Morgan fingerprint density at radius 2 is 2.04 bits per heavy atom. The monoisotopic (exact) mass is 377 g/mol. The van der Waals surface area contributed by atoms with Gasteiger partial charge in [0.2, 0.25) is 0 Å². The summed E-state index contributed by atoms with van der Waals surface area (Å²) in [5, 5.41) is 20.4. The van der Waals surface area contributed by atoms with E-state index in [0.29, 0.717) is 0 Å². The highest BCUT2D eigenvalue weighted by Gasteiger charge is 2.49. The van der Waals surface area contributed by atoms with Crippen LogP contribution in [0.4, 0.5) is 5.82 Å². The highest BCUT2D eigenvalue weighted by Crippen LogP contribution is 2.42. The summed E-state index contributed by atoms with van der Waals surface area (Å²) in [7, 11) is -3.81. The van der Waals surface area contributed by atoms with Gasteiger partial charge in [-0.25, -0.2) is 19.5 Å². The Morgan fingerprint density at radius 3 is 2.68 bits per heavy atom. The van der Waals surface area contributed by atoms with E-state index in [1.165, 1.54) is 17.2 Å². The normalized spacial score (nSPS) is 28.5. The first-order valence-corrected chi connectivity index (χ1v) is 8.47. The number of imidazole rings is 1. The molecular weight excluding hydrogens is 361 g/mol. The van der Waals surface area contributed by atoms with Gasteiger partial charge < -0.3 is 35.2 Å². The predicted molar refractivity (Wildman–Crippen MR) is 79.6 cm³/mol. The highest BCUT2D eigenvalue weighted by molar-refractivity contribution is 7.46. The molecular formula is C11H16N5O8P. The lowest BCUT2D eigenvalue weighted by Gasteiger charge is -2.24. The Labute approximate surface area is 140 Å². The molecule has 25 heavy (non-hydrogen) atoms. The van der Waals surface area contributed by atoms with E-state index in [1.54, 1.807) is 0 Å². The fourth-order valence-corrected chi connectivity index (χ4v) is 3.05. The highest BCUT2D eigenvalue weighted by atomic mass is 31.2. The van der Waals surface area contributed by atoms with Crippen LogP contribution in [0, 0.1) is 0 Å². The molecule has 0 radical (unpaired) electrons. The van der Waals surface area contributed by atoms with Gasteiger partial charge in [-0.15, -0.1) is 0 Å². The molecule has 1 fully saturated rings. The lowest BCUT2D eigenvalue weighted by Crippen LogP contribution is -2.40. The molecule has 6 N–H and O–H groups in total. The number of ether oxygens (including phenoxy) is 2. The van der Waals surface area contributed by atoms with Crippen LogP contribution in [-0.2, 0) is 18.6 Å². The number of phosphoric ester groups is 1. The van der Waals surface area contributed by atoms with Crippen molar-refractivity contribution in [2.45, 2.75) is 30.8 Å². The van der Waals surface area contributed by atoms with Crippen LogP contribution in [0.1, 0.15) is 6.23 Å². The van der Waals surface area contributed by atoms with Crippen LogP contribution in [-0.4, -0.2) is 71.2 Å². The van der Waals surface area contributed by atoms with Crippen LogP contribution < -0.4 is 5.73 Å². The maximum Gasteiger partial charge on any atom is 0.472 e. The van der Waals surface area contributed by atoms with Gasteiger partial charge in [-0.05, 0) is 0 Å². The first-order chi connectivity index (χ1) is 11.7. The Hall–Kier alpha value is -1.70. The van der Waals surface area contributed by atoms with Gasteiger partial charge in [-0.3, -0.25) is 9.09 Å². The zero-order valence-corrected chi connectivity index (χ0v) is 13.7. The van der Waals surface area contributed by atoms with Gasteiger partial charge in [-0.1, -0.05) is 0 Å². The van der Waals surface area contributed by atoms with Crippen molar-refractivity contribution in [3.63, 3.8) is 0 Å². The minimum Gasteiger partial charge on any atom is -0.387 e. The molecule has 138 valence electrons. The third-order valence-corrected chi connectivity index (χ3v) is 4.16. The fraction of sp³-hybridized carbons (Fsp3) is 0.545. The Kier molecular flexibility index (Phi) is 4.74. The average Bonchev–Trinajstić information content (AvgIpc) is 3.08. The maximum atomic E-state index is 11.0. The van der Waals surface area contributed by atoms with Crippen LogP contribution in [0.15, 0.2) is 12.7 Å². The molecule has 0 bridgehead atoms. The van der Waals surface area contributed by atoms with E-state index in [2.05, 4.69) is 19.5 Å². The smallest absolute Gasteiger partial charge is 0.387 e. The Bertz CT molecular complexity index is 811. The second kappa shape index (κ2) is 6.55. The van der Waals surface area contributed by atoms with Crippen molar-refractivity contribution in [3.05, 3.63) is 12.7 Å². The summed E-state index contributed by atoms with van der Waals surface area (Å²) in [4.78, 5) is 29.7. The molecule has 1 aliphatic rings. The van der Waals surface area contributed by atoms with Crippen LogP contribution in [0.2, 0.25) is 0 Å². The van der Waals surface area contributed by atoms with Gasteiger partial charge in [0.15, 0.2) is 24.0 Å². The molecule has 0 spiro atoms. The molecule has 1 saturated heterocycles. The number of rotatable bonds is 5. The zero-order valence-electron chi connectivity index (χ0n) is 12.8. The van der Waals surface area contributed by atoms with Crippen molar-refractivity contribution in [2.24, 2.45) is 0 Å². The number of anilines is 1. The van der Waals surface area contributed by atoms with Crippen molar-refractivity contribution in [1.82, 2.24) is 19.5 Å². The first kappa shape index (κ1) is 18.1. The molecule has 0 amide bonds. The Morgan fingerprint density at radius 1 is 1.32 bits per heavy atom. The summed E-state index contributed by atoms with van der Waals surface area (Å²) < 4.78 is 27.1. The van der Waals surface area contributed by atoms with Crippen molar-refractivity contribution < 1.29 is 38.6 Å². The molecule has 3 heterocycles. The van der Waals surface area contributed by atoms with Crippen molar-refractivity contribution in [2.75, 3.05) is 12.8 Å². The summed E-state index contributed by atoms with van der Waals surface area (Å²) in [5.74, 6) is 0.118. The summed E-state index contributed by atoms with van der Waals surface area (Å²) in [6, 6.07) is 0. The standard InChI is InChI=1S/C11H16N5O8P/c1-22-11(24-25(19,20)21)7-5(17)6(18)10(23-7)16-3-15-4-8(12)13-2-14-9(4)16/h2-3,5-7,10-11,17-18H,1H3,(H2,12,13,14)(H2,19,20,21)/t5-,6+,7-,10+,11?/m0/s1. The lowest BCUT2D eigenvalue weighted by atomic mass is 10.1. The van der Waals surface area contributed by atoms with Crippen LogP contribution >= 0.6 is 7.82 Å². The number of phosphoric acid groups is 1. The van der Waals surface area contributed by atoms with E-state index in [-0.39, 0.29) is 17.0 Å². The van der Waals surface area contributed by atoms with E-state index >= 15 is 0 Å². The van der Waals surface area contributed by atoms with Crippen molar-refractivity contribution in [3.8, 4) is 0 Å². The molecule has 1 unspecified atom stereocenters. The van der Waals surface area contributed by atoms with Crippen LogP contribution in [0.3, 0.4) is 0 Å². The number of aliphatic hydroxyl groups excluding tert-OH is 2. The van der Waals surface area contributed by atoms with Gasteiger partial charge in [0.1, 0.15) is 30.2 Å². The van der Waals surface area contributed by atoms with E-state index in [0.717, 1.165) is 7.11 Å². The molecule has 3 rings (SSSR count). The molecule has 1 aliphatic heterocycles. The van der Waals surface area contributed by atoms with E-state index < -0.39 is 38.7 Å². The topological polar surface area (TPSA) is 195 Å². The molecule has 0 saturated carbocycles. The van der Waals surface area contributed by atoms with Crippen molar-refractivity contribution >= 4 is 24.8 Å².